The molecule has 1 radical (unpaired) electrons. The summed E-state index contributed by atoms with van der Waals surface area (Å²) < 4.78 is 4.68. The monoisotopic (exact) mass is 264 g/mol. The summed E-state index contributed by atoms with van der Waals surface area (Å²) in [6.07, 6.45) is 5.02. The van der Waals surface area contributed by atoms with Gasteiger partial charge in [-0.2, -0.15) is 0 Å². The molecule has 8 nitrogen and oxygen atoms in total. The summed E-state index contributed by atoms with van der Waals surface area (Å²) in [7, 11) is 0. The first-order valence-electron chi connectivity index (χ1n) is 4.87. The average Bonchev–Trinajstić information content (AvgIpc) is 2.83. The zero-order chi connectivity index (χ0) is 12.7. The van der Waals surface area contributed by atoms with Gasteiger partial charge in [-0.1, -0.05) is 0 Å². The van der Waals surface area contributed by atoms with Gasteiger partial charge in [0, 0.05) is 18.6 Å². The van der Waals surface area contributed by atoms with Gasteiger partial charge in [0.15, 0.2) is 0 Å². The van der Waals surface area contributed by atoms with Crippen molar-refractivity contribution in [2.75, 3.05) is 0 Å². The molecule has 3 N–H and O–H groups in total. The van der Waals surface area contributed by atoms with Gasteiger partial charge in [0.25, 0.3) is 11.8 Å². The van der Waals surface area contributed by atoms with Gasteiger partial charge in [0.1, 0.15) is 5.71 Å². The third-order valence-electron chi connectivity index (χ3n) is 2.36. The van der Waals surface area contributed by atoms with Gasteiger partial charge in [0.2, 0.25) is 6.17 Å². The number of Topliss-reactive ketones (excluding diaryl/α,β-unsaturated/α-hetero) is 1. The molecule has 18 heavy (non-hydrogen) atoms. The smallest absolute Gasteiger partial charge is 0.307 e. The number of carbonyl (C=O) groups is 3. The Morgan fingerprint density at radius 2 is 1.89 bits per heavy atom. The molecule has 9 heteroatoms. The maximum absolute atomic E-state index is 11.3. The molecule has 0 bridgehead atoms. The Morgan fingerprint density at radius 1 is 1.17 bits per heavy atom. The summed E-state index contributed by atoms with van der Waals surface area (Å²) in [5.41, 5.74) is 1.05. The van der Waals surface area contributed by atoms with Crippen molar-refractivity contribution >= 4 is 35.4 Å². The van der Waals surface area contributed by atoms with Crippen LogP contribution >= 0.6 is 12.1 Å². The SMILES string of the molecule is O=C1N[C](C2=NC=CN3SNC=C23)NC(=O)C1=O. The summed E-state index contributed by atoms with van der Waals surface area (Å²) in [4.78, 5) is 37.7. The third kappa shape index (κ3) is 1.56. The van der Waals surface area contributed by atoms with Crippen LogP contribution in [0.15, 0.2) is 29.3 Å². The van der Waals surface area contributed by atoms with Gasteiger partial charge in [-0.25, -0.2) is 0 Å². The van der Waals surface area contributed by atoms with Crippen LogP contribution < -0.4 is 15.4 Å². The largest absolute Gasteiger partial charge is 0.317 e. The summed E-state index contributed by atoms with van der Waals surface area (Å²) in [6.45, 7) is 0. The molecule has 0 aliphatic carbocycles. The topological polar surface area (TPSA) is 103 Å². The van der Waals surface area contributed by atoms with Crippen molar-refractivity contribution in [1.82, 2.24) is 19.7 Å². The Balaban J connectivity index is 1.89. The van der Waals surface area contributed by atoms with Gasteiger partial charge in [-0.05, 0) is 0 Å². The number of nitrogens with one attached hydrogen (secondary N) is 3. The molecule has 3 heterocycles. The normalized spacial score (nSPS) is 22.9. The Bertz CT molecular complexity index is 532. The van der Waals surface area contributed by atoms with Crippen LogP contribution in [0.2, 0.25) is 0 Å². The maximum Gasteiger partial charge on any atom is 0.307 e. The van der Waals surface area contributed by atoms with Crippen LogP contribution in [0.3, 0.4) is 0 Å². The number of carbonyl (C=O) groups excluding carboxylic acids is 3. The quantitative estimate of drug-likeness (QED) is 0.394. The number of hydrogen-bond donors (Lipinski definition) is 3. The summed E-state index contributed by atoms with van der Waals surface area (Å²) in [6, 6.07) is 0. The highest BCUT2D eigenvalue weighted by Crippen LogP contribution is 2.27. The van der Waals surface area contributed by atoms with E-state index >= 15 is 0 Å². The fraction of sp³-hybridized carbons (Fsp3) is 0. The highest BCUT2D eigenvalue weighted by atomic mass is 32.2. The highest BCUT2D eigenvalue weighted by Gasteiger charge is 2.39. The number of ketones is 1. The number of nitrogens with zero attached hydrogens (tertiary/aromatic N) is 2. The predicted octanol–water partition coefficient (Wildman–Crippen LogP) is -1.47. The van der Waals surface area contributed by atoms with Crippen molar-refractivity contribution in [1.29, 1.82) is 0 Å². The third-order valence-corrected chi connectivity index (χ3v) is 3.10. The van der Waals surface area contributed by atoms with Crippen LogP contribution in [0, 0.1) is 6.17 Å². The van der Waals surface area contributed by atoms with E-state index in [4.69, 9.17) is 0 Å². The van der Waals surface area contributed by atoms with E-state index < -0.39 is 17.6 Å². The first-order chi connectivity index (χ1) is 8.66. The summed E-state index contributed by atoms with van der Waals surface area (Å²) in [5, 5.41) is 4.61. The molecule has 91 valence electrons. The zero-order valence-electron chi connectivity index (χ0n) is 8.76. The van der Waals surface area contributed by atoms with Gasteiger partial charge in [-0.3, -0.25) is 23.7 Å². The van der Waals surface area contributed by atoms with Crippen molar-refractivity contribution in [3.63, 3.8) is 0 Å². The molecule has 3 aliphatic rings. The lowest BCUT2D eigenvalue weighted by atomic mass is 10.1. The van der Waals surface area contributed by atoms with Crippen LogP contribution in [-0.2, 0) is 14.4 Å². The molecular formula is C9H6N5O3S. The molecule has 3 rings (SSSR count). The van der Waals surface area contributed by atoms with Crippen LogP contribution in [0.1, 0.15) is 0 Å². The molecule has 3 aliphatic heterocycles. The molecule has 1 saturated heterocycles. The lowest BCUT2D eigenvalue weighted by Gasteiger charge is -2.27. The lowest BCUT2D eigenvalue weighted by Crippen LogP contribution is -2.58. The van der Waals surface area contributed by atoms with Gasteiger partial charge < -0.3 is 15.4 Å². The molecule has 0 spiro atoms. The second-order valence-corrected chi connectivity index (χ2v) is 4.26. The van der Waals surface area contributed by atoms with Gasteiger partial charge >= 0.3 is 5.78 Å². The van der Waals surface area contributed by atoms with Crippen molar-refractivity contribution in [3.05, 3.63) is 30.5 Å². The Labute approximate surface area is 105 Å². The minimum atomic E-state index is -1.12. The van der Waals surface area contributed by atoms with Crippen molar-refractivity contribution in [2.45, 2.75) is 0 Å². The van der Waals surface area contributed by atoms with Crippen LogP contribution in [0.5, 0.6) is 0 Å². The van der Waals surface area contributed by atoms with E-state index in [0.29, 0.717) is 11.4 Å². The molecule has 0 atom stereocenters. The maximum atomic E-state index is 11.3. The number of hydrogen-bond acceptors (Lipinski definition) is 7. The second kappa shape index (κ2) is 3.88. The summed E-state index contributed by atoms with van der Waals surface area (Å²) in [5.74, 6) is -3.04. The average molecular weight is 264 g/mol. The Kier molecular flexibility index (Phi) is 2.33. The fourth-order valence-corrected chi connectivity index (χ4v) is 2.19. The van der Waals surface area contributed by atoms with Crippen LogP contribution in [0.25, 0.3) is 0 Å². The molecule has 0 saturated carbocycles. The summed E-state index contributed by atoms with van der Waals surface area (Å²) >= 11 is 1.31. The molecular weight excluding hydrogens is 258 g/mol. The van der Waals surface area contributed by atoms with E-state index in [2.05, 4.69) is 20.3 Å². The number of aliphatic imine (C=N–C) groups is 1. The van der Waals surface area contributed by atoms with Crippen LogP contribution in [-0.4, -0.2) is 27.6 Å². The molecule has 0 unspecified atom stereocenters. The van der Waals surface area contributed by atoms with E-state index in [1.165, 1.54) is 18.3 Å². The fourth-order valence-electron chi connectivity index (χ4n) is 1.56. The molecule has 0 aromatic heterocycles. The first-order valence-corrected chi connectivity index (χ1v) is 5.65. The van der Waals surface area contributed by atoms with E-state index in [9.17, 15) is 14.4 Å². The van der Waals surface area contributed by atoms with Gasteiger partial charge in [0.05, 0.1) is 17.8 Å². The standard InChI is InChI=1S/C9H6N5O3S/c15-6-8(16)12-7(13-9(6)17)5-4-3-11-18-14(4)2-1-10-5/h1-3,11H,(H,12,16)(H,13,17). The highest BCUT2D eigenvalue weighted by molar-refractivity contribution is 7.95. The molecule has 1 fully saturated rings. The molecule has 2 amide bonds. The van der Waals surface area contributed by atoms with E-state index in [-0.39, 0.29) is 6.17 Å². The van der Waals surface area contributed by atoms with Crippen molar-refractivity contribution in [3.8, 4) is 0 Å². The minimum absolute atomic E-state index is 0.106. The Morgan fingerprint density at radius 3 is 2.61 bits per heavy atom. The Hall–Kier alpha value is -2.29. The van der Waals surface area contributed by atoms with E-state index in [1.54, 1.807) is 16.7 Å². The molecule has 0 aromatic carbocycles. The minimum Gasteiger partial charge on any atom is -0.317 e. The van der Waals surface area contributed by atoms with Gasteiger partial charge in [-0.15, -0.1) is 0 Å². The zero-order valence-corrected chi connectivity index (χ0v) is 9.58. The predicted molar refractivity (Wildman–Crippen MR) is 61.8 cm³/mol. The lowest BCUT2D eigenvalue weighted by molar-refractivity contribution is -0.147. The molecule has 0 aromatic rings. The first kappa shape index (κ1) is 10.8. The number of rotatable bonds is 1. The van der Waals surface area contributed by atoms with E-state index in [0.717, 1.165) is 0 Å². The van der Waals surface area contributed by atoms with E-state index in [1.807, 2.05) is 0 Å². The van der Waals surface area contributed by atoms with Crippen LogP contribution in [0.4, 0.5) is 0 Å². The number of fused-ring (bicyclic) bond motifs is 1. The number of amides is 2. The van der Waals surface area contributed by atoms with Crippen molar-refractivity contribution < 1.29 is 14.4 Å². The van der Waals surface area contributed by atoms with Crippen molar-refractivity contribution in [2.24, 2.45) is 4.99 Å². The second-order valence-electron chi connectivity index (χ2n) is 3.45.